The summed E-state index contributed by atoms with van der Waals surface area (Å²) in [7, 11) is 0. The number of esters is 1. The summed E-state index contributed by atoms with van der Waals surface area (Å²) in [5, 5.41) is 0. The Kier molecular flexibility index (Phi) is 2.53. The molecule has 4 heteroatoms. The van der Waals surface area contributed by atoms with E-state index >= 15 is 0 Å². The molecule has 0 aliphatic carbocycles. The largest absolute Gasteiger partial charge is 0.392 e. The average molecular weight is 168 g/mol. The first-order valence-corrected chi connectivity index (χ1v) is 3.14. The van der Waals surface area contributed by atoms with Gasteiger partial charge in [-0.3, -0.25) is 4.79 Å². The number of rotatable bonds is 2. The third-order valence-electron chi connectivity index (χ3n) is 1.22. The smallest absolute Gasteiger partial charge is 0.345 e. The summed E-state index contributed by atoms with van der Waals surface area (Å²) < 4.78 is 16.5. The zero-order valence-corrected chi connectivity index (χ0v) is 5.99. The maximum Gasteiger partial charge on any atom is 0.345 e. The normalized spacial score (nSPS) is 9.08. The molecule has 0 amide bonds. The Bertz CT molecular complexity index is 309. The Labute approximate surface area is 67.8 Å². The van der Waals surface area contributed by atoms with E-state index < -0.39 is 11.8 Å². The van der Waals surface area contributed by atoms with Crippen molar-refractivity contribution in [1.82, 2.24) is 0 Å². The zero-order valence-electron chi connectivity index (χ0n) is 5.99. The molecule has 0 atom stereocenters. The molecule has 0 heterocycles. The lowest BCUT2D eigenvalue weighted by Crippen LogP contribution is -2.03. The minimum absolute atomic E-state index is 0.00718. The Morgan fingerprint density at radius 1 is 1.50 bits per heavy atom. The van der Waals surface area contributed by atoms with Crippen molar-refractivity contribution >= 4 is 12.4 Å². The minimum atomic E-state index is -0.857. The van der Waals surface area contributed by atoms with Crippen LogP contribution >= 0.6 is 0 Å². The molecule has 0 saturated heterocycles. The first-order valence-electron chi connectivity index (χ1n) is 3.14. The van der Waals surface area contributed by atoms with Crippen molar-refractivity contribution in [3.05, 3.63) is 35.6 Å². The number of ether oxygens (including phenoxy) is 1. The van der Waals surface area contributed by atoms with Crippen molar-refractivity contribution < 1.29 is 18.7 Å². The number of hydrogen-bond donors (Lipinski definition) is 0. The standard InChI is InChI=1S/C8H5FO3/c9-7-3-1-2-6(4-7)8(11)12-5-10/h1-5H. The fourth-order valence-electron chi connectivity index (χ4n) is 0.727. The highest BCUT2D eigenvalue weighted by molar-refractivity contribution is 5.92. The highest BCUT2D eigenvalue weighted by atomic mass is 19.1. The summed E-state index contributed by atoms with van der Waals surface area (Å²) >= 11 is 0. The first kappa shape index (κ1) is 8.39. The molecule has 12 heavy (non-hydrogen) atoms. The van der Waals surface area contributed by atoms with E-state index in [2.05, 4.69) is 4.74 Å². The zero-order chi connectivity index (χ0) is 8.97. The molecule has 0 saturated carbocycles. The predicted molar refractivity (Wildman–Crippen MR) is 37.9 cm³/mol. The van der Waals surface area contributed by atoms with Crippen molar-refractivity contribution in [2.24, 2.45) is 0 Å². The third-order valence-corrected chi connectivity index (χ3v) is 1.22. The second-order valence-electron chi connectivity index (χ2n) is 2.01. The molecular weight excluding hydrogens is 163 g/mol. The van der Waals surface area contributed by atoms with Gasteiger partial charge in [-0.15, -0.1) is 0 Å². The van der Waals surface area contributed by atoms with Gasteiger partial charge in [-0.05, 0) is 18.2 Å². The van der Waals surface area contributed by atoms with Crippen LogP contribution in [0, 0.1) is 5.82 Å². The average Bonchev–Trinajstić information content (AvgIpc) is 2.05. The van der Waals surface area contributed by atoms with Gasteiger partial charge in [0, 0.05) is 0 Å². The van der Waals surface area contributed by atoms with Gasteiger partial charge in [0.1, 0.15) is 5.82 Å². The highest BCUT2D eigenvalue weighted by Gasteiger charge is 2.06. The number of carbonyl (C=O) groups is 2. The van der Waals surface area contributed by atoms with Gasteiger partial charge in [0.25, 0.3) is 0 Å². The van der Waals surface area contributed by atoms with E-state index in [-0.39, 0.29) is 12.0 Å². The Hall–Kier alpha value is -1.71. The fraction of sp³-hybridized carbons (Fsp3) is 0. The third kappa shape index (κ3) is 1.88. The van der Waals surface area contributed by atoms with E-state index in [0.29, 0.717) is 0 Å². The van der Waals surface area contributed by atoms with Crippen molar-refractivity contribution in [2.45, 2.75) is 0 Å². The van der Waals surface area contributed by atoms with Crippen LogP contribution in [0.3, 0.4) is 0 Å². The molecule has 0 unspecified atom stereocenters. The van der Waals surface area contributed by atoms with E-state index in [1.807, 2.05) is 0 Å². The van der Waals surface area contributed by atoms with Gasteiger partial charge >= 0.3 is 12.4 Å². The molecule has 0 aliphatic heterocycles. The lowest BCUT2D eigenvalue weighted by atomic mass is 10.2. The van der Waals surface area contributed by atoms with Crippen LogP contribution < -0.4 is 0 Å². The topological polar surface area (TPSA) is 43.4 Å². The van der Waals surface area contributed by atoms with Gasteiger partial charge in [-0.25, -0.2) is 9.18 Å². The van der Waals surface area contributed by atoms with E-state index in [4.69, 9.17) is 0 Å². The van der Waals surface area contributed by atoms with Crippen LogP contribution in [-0.4, -0.2) is 12.4 Å². The molecule has 0 fully saturated rings. The Balaban J connectivity index is 2.87. The monoisotopic (exact) mass is 168 g/mol. The van der Waals surface area contributed by atoms with E-state index in [9.17, 15) is 14.0 Å². The van der Waals surface area contributed by atoms with E-state index in [1.165, 1.54) is 18.2 Å². The van der Waals surface area contributed by atoms with Gasteiger partial charge < -0.3 is 4.74 Å². The quantitative estimate of drug-likeness (QED) is 0.378. The second kappa shape index (κ2) is 3.61. The molecule has 0 N–H and O–H groups in total. The molecule has 0 bridgehead atoms. The molecule has 0 aromatic heterocycles. The molecule has 0 radical (unpaired) electrons. The molecule has 62 valence electrons. The molecule has 3 nitrogen and oxygen atoms in total. The van der Waals surface area contributed by atoms with Crippen LogP contribution in [0.1, 0.15) is 10.4 Å². The lowest BCUT2D eigenvalue weighted by Gasteiger charge is -1.95. The first-order chi connectivity index (χ1) is 5.74. The number of benzene rings is 1. The molecular formula is C8H5FO3. The fourth-order valence-corrected chi connectivity index (χ4v) is 0.727. The highest BCUT2D eigenvalue weighted by Crippen LogP contribution is 2.04. The van der Waals surface area contributed by atoms with Gasteiger partial charge in [0.05, 0.1) is 5.56 Å². The number of hydrogen-bond acceptors (Lipinski definition) is 3. The summed E-state index contributed by atoms with van der Waals surface area (Å²) in [5.41, 5.74) is 0.0158. The van der Waals surface area contributed by atoms with Crippen molar-refractivity contribution in [2.75, 3.05) is 0 Å². The van der Waals surface area contributed by atoms with Crippen LogP contribution in [0.5, 0.6) is 0 Å². The Morgan fingerprint density at radius 3 is 2.83 bits per heavy atom. The minimum Gasteiger partial charge on any atom is -0.392 e. The predicted octanol–water partition coefficient (Wildman–Crippen LogP) is 1.14. The lowest BCUT2D eigenvalue weighted by molar-refractivity contribution is -0.123. The molecule has 0 aliphatic rings. The second-order valence-corrected chi connectivity index (χ2v) is 2.01. The van der Waals surface area contributed by atoms with Gasteiger partial charge in [0.2, 0.25) is 0 Å². The van der Waals surface area contributed by atoms with Crippen molar-refractivity contribution in [1.29, 1.82) is 0 Å². The maximum absolute atomic E-state index is 12.5. The van der Waals surface area contributed by atoms with Crippen LogP contribution in [-0.2, 0) is 9.53 Å². The van der Waals surface area contributed by atoms with Crippen molar-refractivity contribution in [3.8, 4) is 0 Å². The molecule has 1 rings (SSSR count). The summed E-state index contributed by atoms with van der Waals surface area (Å²) in [6.07, 6.45) is 0. The summed E-state index contributed by atoms with van der Waals surface area (Å²) in [6.45, 7) is 0.00718. The van der Waals surface area contributed by atoms with Crippen LogP contribution in [0.4, 0.5) is 4.39 Å². The van der Waals surface area contributed by atoms with Gasteiger partial charge in [-0.2, -0.15) is 0 Å². The summed E-state index contributed by atoms with van der Waals surface area (Å²) in [5.74, 6) is -1.40. The van der Waals surface area contributed by atoms with Crippen LogP contribution in [0.15, 0.2) is 24.3 Å². The molecule has 0 spiro atoms. The van der Waals surface area contributed by atoms with Crippen LogP contribution in [0.2, 0.25) is 0 Å². The molecule has 1 aromatic rings. The maximum atomic E-state index is 12.5. The number of halogens is 1. The Morgan fingerprint density at radius 2 is 2.25 bits per heavy atom. The van der Waals surface area contributed by atoms with E-state index in [0.717, 1.165) is 6.07 Å². The molecule has 1 aromatic carbocycles. The van der Waals surface area contributed by atoms with Gasteiger partial charge in [0.15, 0.2) is 0 Å². The SMILES string of the molecule is O=COC(=O)c1cccc(F)c1. The summed E-state index contributed by atoms with van der Waals surface area (Å²) in [6, 6.07) is 4.90. The van der Waals surface area contributed by atoms with Gasteiger partial charge in [-0.1, -0.05) is 6.07 Å². The van der Waals surface area contributed by atoms with Crippen LogP contribution in [0.25, 0.3) is 0 Å². The van der Waals surface area contributed by atoms with E-state index in [1.54, 1.807) is 0 Å². The summed E-state index contributed by atoms with van der Waals surface area (Å²) in [4.78, 5) is 20.5. The number of carbonyl (C=O) groups excluding carboxylic acids is 2. The van der Waals surface area contributed by atoms with Crippen molar-refractivity contribution in [3.63, 3.8) is 0 Å².